The van der Waals surface area contributed by atoms with Crippen molar-refractivity contribution in [3.05, 3.63) is 53.6 Å². The van der Waals surface area contributed by atoms with Gasteiger partial charge >= 0.3 is 0 Å². The van der Waals surface area contributed by atoms with Gasteiger partial charge in [-0.05, 0) is 30.7 Å². The summed E-state index contributed by atoms with van der Waals surface area (Å²) in [7, 11) is 0. The molecule has 2 aromatic carbocycles. The average molecular weight is 270 g/mol. The van der Waals surface area contributed by atoms with Crippen LogP contribution in [-0.2, 0) is 6.61 Å². The van der Waals surface area contributed by atoms with E-state index in [1.54, 1.807) is 0 Å². The first-order valence-electron chi connectivity index (χ1n) is 6.05. The third kappa shape index (κ3) is 2.69. The summed E-state index contributed by atoms with van der Waals surface area (Å²) in [4.78, 5) is 4.22. The minimum atomic E-state index is 0.570. The summed E-state index contributed by atoms with van der Waals surface area (Å²) in [5, 5.41) is 0.589. The van der Waals surface area contributed by atoms with Gasteiger partial charge in [0.1, 0.15) is 12.4 Å². The molecule has 1 heterocycles. The molecular weight excluding hydrogens is 256 g/mol. The lowest BCUT2D eigenvalue weighted by molar-refractivity contribution is 0.306. The first kappa shape index (κ1) is 12.0. The lowest BCUT2D eigenvalue weighted by Crippen LogP contribution is -1.94. The van der Waals surface area contributed by atoms with E-state index in [4.69, 9.17) is 10.5 Å². The molecule has 0 unspecified atom stereocenters. The number of aromatic nitrogens is 1. The van der Waals surface area contributed by atoms with Gasteiger partial charge in [0.25, 0.3) is 0 Å². The van der Waals surface area contributed by atoms with Crippen molar-refractivity contribution in [1.29, 1.82) is 0 Å². The van der Waals surface area contributed by atoms with Gasteiger partial charge in [0.05, 0.1) is 10.2 Å². The van der Waals surface area contributed by atoms with Gasteiger partial charge in [-0.2, -0.15) is 0 Å². The first-order valence-corrected chi connectivity index (χ1v) is 6.87. The third-order valence-corrected chi connectivity index (χ3v) is 3.75. The van der Waals surface area contributed by atoms with E-state index in [1.165, 1.54) is 16.9 Å². The molecule has 0 saturated heterocycles. The van der Waals surface area contributed by atoms with Crippen LogP contribution in [0.1, 0.15) is 11.1 Å². The Morgan fingerprint density at radius 1 is 1.16 bits per heavy atom. The van der Waals surface area contributed by atoms with Gasteiger partial charge < -0.3 is 10.5 Å². The highest BCUT2D eigenvalue weighted by atomic mass is 32.1. The second kappa shape index (κ2) is 4.90. The molecule has 0 fully saturated rings. The summed E-state index contributed by atoms with van der Waals surface area (Å²) in [5.74, 6) is 0.844. The molecular formula is C15H14N2OS. The lowest BCUT2D eigenvalue weighted by atomic mass is 10.2. The monoisotopic (exact) mass is 270 g/mol. The number of nitrogen functional groups attached to an aromatic ring is 1. The van der Waals surface area contributed by atoms with Crippen molar-refractivity contribution in [2.75, 3.05) is 5.73 Å². The van der Waals surface area contributed by atoms with E-state index in [1.807, 2.05) is 18.2 Å². The fourth-order valence-electron chi connectivity index (χ4n) is 1.86. The first-order chi connectivity index (χ1) is 9.20. The molecule has 19 heavy (non-hydrogen) atoms. The van der Waals surface area contributed by atoms with Gasteiger partial charge in [-0.15, -0.1) is 0 Å². The van der Waals surface area contributed by atoms with Crippen LogP contribution in [0.4, 0.5) is 5.13 Å². The largest absolute Gasteiger partial charge is 0.489 e. The summed E-state index contributed by atoms with van der Waals surface area (Å²) >= 11 is 1.48. The van der Waals surface area contributed by atoms with E-state index in [0.717, 1.165) is 21.5 Å². The van der Waals surface area contributed by atoms with E-state index in [2.05, 4.69) is 36.2 Å². The molecule has 0 amide bonds. The molecule has 0 aliphatic carbocycles. The van der Waals surface area contributed by atoms with Crippen LogP contribution >= 0.6 is 11.3 Å². The maximum Gasteiger partial charge on any atom is 0.181 e. The van der Waals surface area contributed by atoms with Crippen molar-refractivity contribution in [1.82, 2.24) is 4.98 Å². The number of benzene rings is 2. The number of aryl methyl sites for hydroxylation is 1. The molecule has 1 aromatic heterocycles. The standard InChI is InChI=1S/C15H14N2OS/c1-10-2-4-11(5-3-10)9-18-12-6-7-13-14(8-12)19-15(16)17-13/h2-8H,9H2,1H3,(H2,16,17). The van der Waals surface area contributed by atoms with Gasteiger partial charge in [-0.3, -0.25) is 0 Å². The Balaban J connectivity index is 1.75. The van der Waals surface area contributed by atoms with E-state index >= 15 is 0 Å². The molecule has 0 bridgehead atoms. The summed E-state index contributed by atoms with van der Waals surface area (Å²) in [5.41, 5.74) is 9.02. The van der Waals surface area contributed by atoms with Crippen LogP contribution in [-0.4, -0.2) is 4.98 Å². The van der Waals surface area contributed by atoms with Crippen LogP contribution in [0, 0.1) is 6.92 Å². The van der Waals surface area contributed by atoms with E-state index in [0.29, 0.717) is 11.7 Å². The number of nitrogens with two attached hydrogens (primary N) is 1. The number of rotatable bonds is 3. The zero-order chi connectivity index (χ0) is 13.2. The Labute approximate surface area is 115 Å². The van der Waals surface area contributed by atoms with Crippen molar-refractivity contribution in [2.45, 2.75) is 13.5 Å². The van der Waals surface area contributed by atoms with Crippen molar-refractivity contribution in [2.24, 2.45) is 0 Å². The number of fused-ring (bicyclic) bond motifs is 1. The molecule has 0 spiro atoms. The van der Waals surface area contributed by atoms with Crippen LogP contribution in [0.3, 0.4) is 0 Å². The Kier molecular flexibility index (Phi) is 3.09. The minimum Gasteiger partial charge on any atom is -0.489 e. The summed E-state index contributed by atoms with van der Waals surface area (Å²) in [6.07, 6.45) is 0. The van der Waals surface area contributed by atoms with Crippen molar-refractivity contribution < 1.29 is 4.74 Å². The predicted molar refractivity (Wildman–Crippen MR) is 79.5 cm³/mol. The predicted octanol–water partition coefficient (Wildman–Crippen LogP) is 3.77. The van der Waals surface area contributed by atoms with Gasteiger partial charge in [0.15, 0.2) is 5.13 Å². The van der Waals surface area contributed by atoms with Crippen LogP contribution in [0.2, 0.25) is 0 Å². The maximum absolute atomic E-state index is 5.79. The molecule has 3 rings (SSSR count). The molecule has 4 heteroatoms. The van der Waals surface area contributed by atoms with Crippen LogP contribution < -0.4 is 10.5 Å². The highest BCUT2D eigenvalue weighted by Gasteiger charge is 2.03. The zero-order valence-corrected chi connectivity index (χ0v) is 11.4. The van der Waals surface area contributed by atoms with Crippen molar-refractivity contribution in [3.63, 3.8) is 0 Å². The fourth-order valence-corrected chi connectivity index (χ4v) is 2.63. The van der Waals surface area contributed by atoms with Crippen molar-refractivity contribution in [3.8, 4) is 5.75 Å². The lowest BCUT2D eigenvalue weighted by Gasteiger charge is -2.06. The maximum atomic E-state index is 5.79. The molecule has 0 aliphatic heterocycles. The van der Waals surface area contributed by atoms with Gasteiger partial charge in [0, 0.05) is 0 Å². The Bertz CT molecular complexity index is 704. The highest BCUT2D eigenvalue weighted by Crippen LogP contribution is 2.27. The molecule has 3 nitrogen and oxygen atoms in total. The summed E-state index contributed by atoms with van der Waals surface area (Å²) < 4.78 is 6.84. The van der Waals surface area contributed by atoms with Crippen LogP contribution in [0.5, 0.6) is 5.75 Å². The van der Waals surface area contributed by atoms with Gasteiger partial charge in [-0.1, -0.05) is 41.2 Å². The second-order valence-corrected chi connectivity index (χ2v) is 5.52. The number of anilines is 1. The Hall–Kier alpha value is -2.07. The molecule has 2 N–H and O–H groups in total. The van der Waals surface area contributed by atoms with Crippen LogP contribution in [0.25, 0.3) is 10.2 Å². The van der Waals surface area contributed by atoms with E-state index in [9.17, 15) is 0 Å². The molecule has 3 aromatic rings. The molecule has 96 valence electrons. The normalized spacial score (nSPS) is 10.8. The van der Waals surface area contributed by atoms with Crippen molar-refractivity contribution >= 4 is 26.7 Å². The SMILES string of the molecule is Cc1ccc(COc2ccc3nc(N)sc3c2)cc1. The topological polar surface area (TPSA) is 48.1 Å². The molecule has 0 saturated carbocycles. The average Bonchev–Trinajstić information content (AvgIpc) is 2.77. The number of hydrogen-bond donors (Lipinski definition) is 1. The number of nitrogens with zero attached hydrogens (tertiary/aromatic N) is 1. The van der Waals surface area contributed by atoms with Gasteiger partial charge in [-0.25, -0.2) is 4.98 Å². The Morgan fingerprint density at radius 3 is 2.74 bits per heavy atom. The number of hydrogen-bond acceptors (Lipinski definition) is 4. The quantitative estimate of drug-likeness (QED) is 0.788. The van der Waals surface area contributed by atoms with Crippen LogP contribution in [0.15, 0.2) is 42.5 Å². The second-order valence-electron chi connectivity index (χ2n) is 4.46. The fraction of sp³-hybridized carbons (Fsp3) is 0.133. The molecule has 0 radical (unpaired) electrons. The summed E-state index contributed by atoms with van der Waals surface area (Å²) in [6.45, 7) is 2.65. The Morgan fingerprint density at radius 2 is 1.95 bits per heavy atom. The smallest absolute Gasteiger partial charge is 0.181 e. The molecule has 0 aliphatic rings. The number of thiazole rings is 1. The van der Waals surface area contributed by atoms with E-state index < -0.39 is 0 Å². The summed E-state index contributed by atoms with van der Waals surface area (Å²) in [6, 6.07) is 14.2. The molecule has 0 atom stereocenters. The highest BCUT2D eigenvalue weighted by molar-refractivity contribution is 7.22. The zero-order valence-electron chi connectivity index (χ0n) is 10.6. The third-order valence-electron chi connectivity index (χ3n) is 2.90. The van der Waals surface area contributed by atoms with Gasteiger partial charge in [0.2, 0.25) is 0 Å². The minimum absolute atomic E-state index is 0.570. The van der Waals surface area contributed by atoms with E-state index in [-0.39, 0.29) is 0 Å². The number of ether oxygens (including phenoxy) is 1.